The summed E-state index contributed by atoms with van der Waals surface area (Å²) >= 11 is 0. The van der Waals surface area contributed by atoms with Crippen LogP contribution in [0.2, 0.25) is 0 Å². The molecule has 0 atom stereocenters. The van der Waals surface area contributed by atoms with E-state index in [0.717, 1.165) is 29.1 Å². The minimum absolute atomic E-state index is 0.156. The van der Waals surface area contributed by atoms with E-state index >= 15 is 0 Å². The Hall–Kier alpha value is -3.37. The van der Waals surface area contributed by atoms with Gasteiger partial charge in [-0.2, -0.15) is 4.31 Å². The molecule has 1 aromatic carbocycles. The summed E-state index contributed by atoms with van der Waals surface area (Å²) in [7, 11) is -3.39. The van der Waals surface area contributed by atoms with Crippen LogP contribution in [0.25, 0.3) is 22.3 Å². The smallest absolute Gasteiger partial charge is 0.211 e. The van der Waals surface area contributed by atoms with Gasteiger partial charge < -0.3 is 10.3 Å². The van der Waals surface area contributed by atoms with E-state index in [2.05, 4.69) is 31.3 Å². The molecule has 0 aliphatic carbocycles. The number of nitrogens with zero attached hydrogens (tertiary/aromatic N) is 4. The fourth-order valence-electron chi connectivity index (χ4n) is 3.92. The summed E-state index contributed by atoms with van der Waals surface area (Å²) in [6, 6.07) is 9.41. The third-order valence-electron chi connectivity index (χ3n) is 5.55. The lowest BCUT2D eigenvalue weighted by atomic mass is 10.1. The molecule has 0 saturated carbocycles. The summed E-state index contributed by atoms with van der Waals surface area (Å²) in [6.45, 7) is 0.944. The Balaban J connectivity index is 1.45. The van der Waals surface area contributed by atoms with Crippen molar-refractivity contribution in [2.24, 2.45) is 0 Å². The van der Waals surface area contributed by atoms with Crippen molar-refractivity contribution in [1.82, 2.24) is 24.2 Å². The number of halogens is 1. The molecule has 4 heterocycles. The van der Waals surface area contributed by atoms with Crippen molar-refractivity contribution >= 4 is 26.7 Å². The minimum Gasteiger partial charge on any atom is -0.369 e. The average molecular weight is 453 g/mol. The third kappa shape index (κ3) is 3.94. The van der Waals surface area contributed by atoms with Crippen molar-refractivity contribution in [1.29, 1.82) is 0 Å². The van der Waals surface area contributed by atoms with Crippen LogP contribution in [0, 0.1) is 5.82 Å². The van der Waals surface area contributed by atoms with E-state index in [1.54, 1.807) is 0 Å². The van der Waals surface area contributed by atoms with Crippen molar-refractivity contribution < 1.29 is 12.8 Å². The van der Waals surface area contributed by atoms with Gasteiger partial charge in [0.15, 0.2) is 5.82 Å². The molecule has 10 heteroatoms. The number of pyridine rings is 1. The van der Waals surface area contributed by atoms with Crippen molar-refractivity contribution in [2.75, 3.05) is 18.1 Å². The molecule has 1 aliphatic heterocycles. The van der Waals surface area contributed by atoms with Gasteiger partial charge in [-0.05, 0) is 24.1 Å². The summed E-state index contributed by atoms with van der Waals surface area (Å²) in [5.41, 5.74) is 4.04. The zero-order valence-electron chi connectivity index (χ0n) is 17.3. The second kappa shape index (κ2) is 7.95. The second-order valence-corrected chi connectivity index (χ2v) is 9.76. The predicted octanol–water partition coefficient (Wildman–Crippen LogP) is 3.09. The van der Waals surface area contributed by atoms with Crippen molar-refractivity contribution in [3.8, 4) is 11.4 Å². The molecule has 1 aliphatic rings. The fraction of sp³-hybridized carbons (Fsp3) is 0.227. The quantitative estimate of drug-likeness (QED) is 0.466. The van der Waals surface area contributed by atoms with Gasteiger partial charge in [0.1, 0.15) is 11.6 Å². The number of nitrogens with one attached hydrogen (secondary N) is 2. The number of sulfonamides is 1. The molecule has 2 N–H and O–H groups in total. The summed E-state index contributed by atoms with van der Waals surface area (Å²) in [5, 5.41) is 4.51. The van der Waals surface area contributed by atoms with Gasteiger partial charge >= 0.3 is 0 Å². The number of H-pyrrole nitrogens is 1. The molecule has 0 radical (unpaired) electrons. The Kier molecular flexibility index (Phi) is 5.10. The highest BCUT2D eigenvalue weighted by molar-refractivity contribution is 7.88. The van der Waals surface area contributed by atoms with E-state index in [4.69, 9.17) is 0 Å². The van der Waals surface area contributed by atoms with Crippen molar-refractivity contribution in [3.63, 3.8) is 0 Å². The largest absolute Gasteiger partial charge is 0.369 e. The van der Waals surface area contributed by atoms with E-state index in [0.29, 0.717) is 29.4 Å². The highest BCUT2D eigenvalue weighted by atomic mass is 32.2. The Morgan fingerprint density at radius 2 is 2.03 bits per heavy atom. The molecule has 0 bridgehead atoms. The molecule has 0 saturated heterocycles. The normalized spacial score (nSPS) is 14.1. The van der Waals surface area contributed by atoms with E-state index in [1.165, 1.54) is 28.4 Å². The van der Waals surface area contributed by atoms with Gasteiger partial charge in [0.2, 0.25) is 10.0 Å². The maximum Gasteiger partial charge on any atom is 0.211 e. The number of hydrogen-bond donors (Lipinski definition) is 2. The van der Waals surface area contributed by atoms with Crippen LogP contribution in [0.1, 0.15) is 16.8 Å². The molecule has 32 heavy (non-hydrogen) atoms. The van der Waals surface area contributed by atoms with E-state index in [9.17, 15) is 12.8 Å². The predicted molar refractivity (Wildman–Crippen MR) is 120 cm³/mol. The van der Waals surface area contributed by atoms with Crippen molar-refractivity contribution in [2.45, 2.75) is 19.5 Å². The first-order valence-electron chi connectivity index (χ1n) is 10.1. The van der Waals surface area contributed by atoms with Crippen LogP contribution in [0.4, 0.5) is 10.2 Å². The molecule has 0 spiro atoms. The monoisotopic (exact) mass is 452 g/mol. The second-order valence-electron chi connectivity index (χ2n) is 7.78. The highest BCUT2D eigenvalue weighted by Gasteiger charge is 2.30. The first kappa shape index (κ1) is 20.5. The Labute approximate surface area is 184 Å². The van der Waals surface area contributed by atoms with Gasteiger partial charge in [0.05, 0.1) is 24.7 Å². The van der Waals surface area contributed by atoms with Gasteiger partial charge in [-0.25, -0.2) is 22.8 Å². The summed E-state index contributed by atoms with van der Waals surface area (Å²) in [5.74, 6) is 0.374. The van der Waals surface area contributed by atoms with Crippen LogP contribution in [-0.2, 0) is 29.5 Å². The molecule has 0 amide bonds. The number of fused-ring (bicyclic) bond motifs is 2. The topological polar surface area (TPSA) is 104 Å². The summed E-state index contributed by atoms with van der Waals surface area (Å²) in [6.07, 6.45) is 6.52. The third-order valence-corrected chi connectivity index (χ3v) is 6.74. The number of para-hydroxylation sites is 1. The zero-order valence-corrected chi connectivity index (χ0v) is 18.2. The molecule has 3 aromatic heterocycles. The van der Waals surface area contributed by atoms with Crippen LogP contribution in [-0.4, -0.2) is 45.5 Å². The number of benzene rings is 1. The van der Waals surface area contributed by atoms with Crippen LogP contribution in [0.3, 0.4) is 0 Å². The molecule has 164 valence electrons. The van der Waals surface area contributed by atoms with Crippen LogP contribution >= 0.6 is 0 Å². The number of hydrogen-bond acceptors (Lipinski definition) is 6. The van der Waals surface area contributed by atoms with Crippen LogP contribution < -0.4 is 5.32 Å². The highest BCUT2D eigenvalue weighted by Crippen LogP contribution is 2.31. The van der Waals surface area contributed by atoms with Crippen LogP contribution in [0.15, 0.2) is 48.9 Å². The first-order valence-corrected chi connectivity index (χ1v) is 12.0. The molecule has 0 fully saturated rings. The molecule has 5 rings (SSSR count). The van der Waals surface area contributed by atoms with Gasteiger partial charge in [0.25, 0.3) is 0 Å². The summed E-state index contributed by atoms with van der Waals surface area (Å²) < 4.78 is 39.3. The Morgan fingerprint density at radius 1 is 1.19 bits per heavy atom. The number of anilines is 1. The number of rotatable bonds is 6. The Bertz CT molecular complexity index is 1420. The van der Waals surface area contributed by atoms with Gasteiger partial charge in [-0.15, -0.1) is 0 Å². The zero-order chi connectivity index (χ0) is 22.3. The average Bonchev–Trinajstić information content (AvgIpc) is 3.38. The molecule has 0 unspecified atom stereocenters. The maximum atomic E-state index is 13.7. The number of aromatic nitrogens is 4. The van der Waals surface area contributed by atoms with E-state index in [-0.39, 0.29) is 13.1 Å². The van der Waals surface area contributed by atoms with E-state index in [1.807, 2.05) is 24.4 Å². The molecular formula is C22H21FN6O2S. The molecular weight excluding hydrogens is 431 g/mol. The first-order chi connectivity index (χ1) is 15.4. The van der Waals surface area contributed by atoms with Gasteiger partial charge in [-0.1, -0.05) is 18.2 Å². The van der Waals surface area contributed by atoms with Crippen LogP contribution in [0.5, 0.6) is 0 Å². The summed E-state index contributed by atoms with van der Waals surface area (Å²) in [4.78, 5) is 16.3. The lowest BCUT2D eigenvalue weighted by Crippen LogP contribution is -2.24. The lowest BCUT2D eigenvalue weighted by Gasteiger charge is -2.12. The standard InChI is InChI=1S/C22H21FN6O2S/c1-32(30,31)29-12-18-20(13-29)27-21(15-8-16(23)11-24-9-15)28-22(18)25-7-6-14-10-26-19-5-3-2-4-17(14)19/h2-5,8-11,26H,6-7,12-13H2,1H3,(H,25,27,28). The van der Waals surface area contributed by atoms with E-state index < -0.39 is 15.8 Å². The lowest BCUT2D eigenvalue weighted by molar-refractivity contribution is 0.434. The van der Waals surface area contributed by atoms with Crippen molar-refractivity contribution in [3.05, 3.63) is 71.6 Å². The Morgan fingerprint density at radius 3 is 2.84 bits per heavy atom. The molecule has 4 aromatic rings. The fourth-order valence-corrected chi connectivity index (χ4v) is 4.64. The SMILES string of the molecule is CS(=O)(=O)N1Cc2nc(-c3cncc(F)c3)nc(NCCc3c[nH]c4ccccc34)c2C1. The minimum atomic E-state index is -3.39. The van der Waals surface area contributed by atoms with Gasteiger partial charge in [-0.3, -0.25) is 4.98 Å². The number of aromatic amines is 1. The van der Waals surface area contributed by atoms with Gasteiger partial charge in [0, 0.05) is 47.5 Å². The molecule has 8 nitrogen and oxygen atoms in total. The maximum absolute atomic E-state index is 13.7.